The Morgan fingerprint density at radius 1 is 1.45 bits per heavy atom. The van der Waals surface area contributed by atoms with Gasteiger partial charge in [-0.3, -0.25) is 4.57 Å². The molecule has 0 amide bonds. The zero-order valence-corrected chi connectivity index (χ0v) is 8.03. The van der Waals surface area contributed by atoms with E-state index >= 15 is 0 Å². The fourth-order valence-corrected chi connectivity index (χ4v) is 1.25. The molecule has 0 heterocycles. The second-order valence-electron chi connectivity index (χ2n) is 2.67. The van der Waals surface area contributed by atoms with Crippen LogP contribution in [0.1, 0.15) is 6.42 Å². The van der Waals surface area contributed by atoms with Crippen LogP contribution in [0.2, 0.25) is 0 Å². The summed E-state index contributed by atoms with van der Waals surface area (Å²) in [5, 5.41) is 5.90. The van der Waals surface area contributed by atoms with Gasteiger partial charge in [-0.25, -0.2) is 0 Å². The van der Waals surface area contributed by atoms with Gasteiger partial charge in [0, 0.05) is 6.66 Å². The van der Waals surface area contributed by atoms with E-state index < -0.39 is 7.37 Å². The molecule has 1 unspecified atom stereocenters. The molecule has 0 rings (SSSR count). The van der Waals surface area contributed by atoms with Crippen molar-refractivity contribution in [2.45, 2.75) is 6.42 Å². The summed E-state index contributed by atoms with van der Waals surface area (Å²) in [5.74, 6) is 0. The largest absolute Gasteiger partial charge is 0.344 e. The van der Waals surface area contributed by atoms with E-state index in [0.29, 0.717) is 0 Å². The van der Waals surface area contributed by atoms with Gasteiger partial charge < -0.3 is 15.5 Å². The lowest BCUT2D eigenvalue weighted by Crippen LogP contribution is -2.20. The van der Waals surface area contributed by atoms with Gasteiger partial charge >= 0.3 is 0 Å². The normalized spacial score (nSPS) is 16.3. The van der Waals surface area contributed by atoms with Crippen LogP contribution in [-0.2, 0) is 4.57 Å². The lowest BCUT2D eigenvalue weighted by atomic mass is 10.4. The molecule has 0 aromatic rings. The summed E-state index contributed by atoms with van der Waals surface area (Å²) < 4.78 is 10.7. The SMILES string of the molecule is CNCCCNCP(C)(=O)O. The Labute approximate surface area is 67.8 Å². The first-order chi connectivity index (χ1) is 5.06. The second kappa shape index (κ2) is 5.72. The molecule has 0 saturated carbocycles. The van der Waals surface area contributed by atoms with Gasteiger partial charge in [0.1, 0.15) is 0 Å². The molecule has 68 valence electrons. The average Bonchev–Trinajstić information content (AvgIpc) is 1.85. The number of hydrogen-bond donors (Lipinski definition) is 3. The molecule has 0 fully saturated rings. The van der Waals surface area contributed by atoms with E-state index in [1.807, 2.05) is 7.05 Å². The maximum absolute atomic E-state index is 10.7. The molecule has 5 heteroatoms. The molecule has 0 aliphatic carbocycles. The van der Waals surface area contributed by atoms with Crippen molar-refractivity contribution in [1.29, 1.82) is 0 Å². The molecule has 4 nitrogen and oxygen atoms in total. The fourth-order valence-electron chi connectivity index (χ4n) is 0.677. The van der Waals surface area contributed by atoms with Gasteiger partial charge in [-0.2, -0.15) is 0 Å². The van der Waals surface area contributed by atoms with E-state index in [4.69, 9.17) is 4.89 Å². The average molecular weight is 180 g/mol. The predicted octanol–water partition coefficient (Wildman–Crippen LogP) is 0.0432. The number of rotatable bonds is 6. The van der Waals surface area contributed by atoms with Crippen molar-refractivity contribution in [2.24, 2.45) is 0 Å². The van der Waals surface area contributed by atoms with Crippen LogP contribution in [0, 0.1) is 0 Å². The van der Waals surface area contributed by atoms with Gasteiger partial charge in [-0.05, 0) is 26.6 Å². The second-order valence-corrected chi connectivity index (χ2v) is 5.08. The highest BCUT2D eigenvalue weighted by Gasteiger charge is 2.06. The summed E-state index contributed by atoms with van der Waals surface area (Å²) in [4.78, 5) is 8.85. The zero-order valence-electron chi connectivity index (χ0n) is 7.13. The minimum absolute atomic E-state index is 0.219. The Morgan fingerprint density at radius 2 is 2.09 bits per heavy atom. The molecule has 3 N–H and O–H groups in total. The molecular formula is C6H17N2O2P. The minimum atomic E-state index is -2.85. The Bertz CT molecular complexity index is 135. The molecule has 0 aromatic carbocycles. The van der Waals surface area contributed by atoms with Crippen molar-refractivity contribution in [3.8, 4) is 0 Å². The first kappa shape index (κ1) is 11.1. The predicted molar refractivity (Wildman–Crippen MR) is 47.2 cm³/mol. The lowest BCUT2D eigenvalue weighted by Gasteiger charge is -2.06. The lowest BCUT2D eigenvalue weighted by molar-refractivity contribution is 0.477. The smallest absolute Gasteiger partial charge is 0.210 e. The summed E-state index contributed by atoms with van der Waals surface area (Å²) in [6.07, 6.45) is 1.20. The molecule has 0 aliphatic rings. The van der Waals surface area contributed by atoms with Crippen LogP contribution < -0.4 is 10.6 Å². The quantitative estimate of drug-likeness (QED) is 0.399. The van der Waals surface area contributed by atoms with Gasteiger partial charge in [0.25, 0.3) is 0 Å². The molecule has 0 saturated heterocycles. The minimum Gasteiger partial charge on any atom is -0.344 e. The van der Waals surface area contributed by atoms with Gasteiger partial charge in [0.15, 0.2) is 0 Å². The molecule has 0 radical (unpaired) electrons. The Hall–Kier alpha value is 0.110. The molecule has 0 aromatic heterocycles. The molecule has 0 aliphatic heterocycles. The van der Waals surface area contributed by atoms with Crippen LogP contribution in [0.4, 0.5) is 0 Å². The van der Waals surface area contributed by atoms with Crippen molar-refractivity contribution in [3.63, 3.8) is 0 Å². The summed E-state index contributed by atoms with van der Waals surface area (Å²) in [7, 11) is -0.960. The third kappa shape index (κ3) is 10.1. The first-order valence-corrected chi connectivity index (χ1v) is 6.00. The number of hydrogen-bond acceptors (Lipinski definition) is 3. The van der Waals surface area contributed by atoms with Crippen LogP contribution in [-0.4, -0.2) is 38.0 Å². The highest BCUT2D eigenvalue weighted by molar-refractivity contribution is 7.57. The van der Waals surface area contributed by atoms with Gasteiger partial charge in [-0.15, -0.1) is 0 Å². The summed E-state index contributed by atoms with van der Waals surface area (Å²) >= 11 is 0. The Kier molecular flexibility index (Phi) is 5.78. The molecule has 0 bridgehead atoms. The molecule has 1 atom stereocenters. The van der Waals surface area contributed by atoms with Crippen LogP contribution in [0.15, 0.2) is 0 Å². The standard InChI is InChI=1S/C6H17N2O2P/c1-7-4-3-5-8-6-11(2,9)10/h7-8H,3-6H2,1-2H3,(H,9,10). The molecular weight excluding hydrogens is 163 g/mol. The van der Waals surface area contributed by atoms with E-state index in [0.717, 1.165) is 19.5 Å². The van der Waals surface area contributed by atoms with Crippen molar-refractivity contribution < 1.29 is 9.46 Å². The maximum atomic E-state index is 10.7. The molecule has 11 heavy (non-hydrogen) atoms. The van der Waals surface area contributed by atoms with E-state index in [-0.39, 0.29) is 6.29 Å². The van der Waals surface area contributed by atoms with E-state index in [9.17, 15) is 4.57 Å². The molecule has 0 spiro atoms. The Morgan fingerprint density at radius 3 is 2.55 bits per heavy atom. The van der Waals surface area contributed by atoms with Crippen molar-refractivity contribution in [1.82, 2.24) is 10.6 Å². The summed E-state index contributed by atoms with van der Waals surface area (Å²) in [5.41, 5.74) is 0. The van der Waals surface area contributed by atoms with E-state index in [1.54, 1.807) is 0 Å². The highest BCUT2D eigenvalue weighted by atomic mass is 31.2. The fraction of sp³-hybridized carbons (Fsp3) is 1.00. The van der Waals surface area contributed by atoms with Crippen molar-refractivity contribution >= 4 is 7.37 Å². The van der Waals surface area contributed by atoms with Crippen LogP contribution in [0.5, 0.6) is 0 Å². The maximum Gasteiger partial charge on any atom is 0.210 e. The van der Waals surface area contributed by atoms with E-state index in [2.05, 4.69) is 10.6 Å². The van der Waals surface area contributed by atoms with E-state index in [1.165, 1.54) is 6.66 Å². The van der Waals surface area contributed by atoms with Gasteiger partial charge in [0.2, 0.25) is 7.37 Å². The highest BCUT2D eigenvalue weighted by Crippen LogP contribution is 2.32. The number of nitrogens with one attached hydrogen (secondary N) is 2. The summed E-state index contributed by atoms with van der Waals surface area (Å²) in [6, 6.07) is 0. The summed E-state index contributed by atoms with van der Waals surface area (Å²) in [6.45, 7) is 3.09. The van der Waals surface area contributed by atoms with Crippen molar-refractivity contribution in [3.05, 3.63) is 0 Å². The first-order valence-electron chi connectivity index (χ1n) is 3.71. The zero-order chi connectivity index (χ0) is 8.74. The third-order valence-electron chi connectivity index (χ3n) is 1.19. The Balaban J connectivity index is 3.09. The van der Waals surface area contributed by atoms with Gasteiger partial charge in [-0.1, -0.05) is 0 Å². The van der Waals surface area contributed by atoms with Crippen molar-refractivity contribution in [2.75, 3.05) is 33.1 Å². The van der Waals surface area contributed by atoms with Crippen LogP contribution in [0.3, 0.4) is 0 Å². The third-order valence-corrected chi connectivity index (χ3v) is 2.00. The van der Waals surface area contributed by atoms with Crippen LogP contribution >= 0.6 is 7.37 Å². The van der Waals surface area contributed by atoms with Crippen LogP contribution in [0.25, 0.3) is 0 Å². The topological polar surface area (TPSA) is 61.4 Å². The van der Waals surface area contributed by atoms with Gasteiger partial charge in [0.05, 0.1) is 6.29 Å². The monoisotopic (exact) mass is 180 g/mol.